The molecule has 11 atom stereocenters. The van der Waals surface area contributed by atoms with Crippen molar-refractivity contribution in [3.63, 3.8) is 0 Å². The van der Waals surface area contributed by atoms with E-state index in [1.54, 1.807) is 42.5 Å². The second-order valence-corrected chi connectivity index (χ2v) is 24.3. The molecule has 20 N–H and O–H groups in total. The zero-order valence-corrected chi connectivity index (χ0v) is 57.2. The lowest BCUT2D eigenvalue weighted by atomic mass is 10.0. The molecule has 3 aromatic carbocycles. The Kier molecular flexibility index (Phi) is 34.6. The number of nitrogens with two attached hydrogens (primary N) is 1. The summed E-state index contributed by atoms with van der Waals surface area (Å²) in [6.07, 6.45) is -6.40. The number of hydrogen-bond acceptors (Lipinski definition) is 22. The lowest BCUT2D eigenvalue weighted by molar-refractivity contribution is -0.144. The van der Waals surface area contributed by atoms with Crippen LogP contribution >= 0.6 is 25.3 Å². The van der Waals surface area contributed by atoms with Gasteiger partial charge >= 0.3 is 29.8 Å². The van der Waals surface area contributed by atoms with Crippen LogP contribution in [0.4, 0.5) is 0 Å². The number of carbonyl (C=O) groups excluding carboxylic acids is 12. The number of likely N-dealkylation sites (tertiary alicyclic amines) is 1. The van der Waals surface area contributed by atoms with Gasteiger partial charge in [0.2, 0.25) is 70.9 Å². The first-order valence-corrected chi connectivity index (χ1v) is 33.2. The minimum Gasteiger partial charge on any atom is -0.508 e. The summed E-state index contributed by atoms with van der Waals surface area (Å²) in [6.45, 7) is -0.733. The summed E-state index contributed by atoms with van der Waals surface area (Å²) in [6, 6.07) is 1.89. The van der Waals surface area contributed by atoms with Crippen LogP contribution in [-0.4, -0.2) is 239 Å². The molecule has 1 aliphatic rings. The first kappa shape index (κ1) is 84.3. The molecule has 0 spiro atoms. The number of aromatic hydroxyl groups is 2. The topological polar surface area (TPSA) is 593 Å². The number of phenolic OH excluding ortho intramolecular Hbond substituents is 2. The average molecular weight is 1480 g/mol. The molecular formula is C64H83N13O24S2. The van der Waals surface area contributed by atoms with E-state index in [1.807, 2.05) is 0 Å². The van der Waals surface area contributed by atoms with Crippen LogP contribution in [0.5, 0.6) is 11.5 Å². The third-order valence-corrected chi connectivity index (χ3v) is 16.3. The molecule has 560 valence electrons. The van der Waals surface area contributed by atoms with Gasteiger partial charge in [0, 0.05) is 50.2 Å². The third-order valence-electron chi connectivity index (χ3n) is 15.6. The van der Waals surface area contributed by atoms with Crippen molar-refractivity contribution >= 4 is 126 Å². The molecule has 1 fully saturated rings. The molecular weight excluding hydrogens is 1400 g/mol. The first-order chi connectivity index (χ1) is 48.7. The van der Waals surface area contributed by atoms with E-state index in [0.717, 1.165) is 11.8 Å². The number of aliphatic carboxylic acids is 5. The quantitative estimate of drug-likeness (QED) is 0.0236. The van der Waals surface area contributed by atoms with Crippen LogP contribution in [0.1, 0.15) is 81.4 Å². The molecule has 1 aliphatic heterocycles. The third kappa shape index (κ3) is 29.6. The van der Waals surface area contributed by atoms with Crippen LogP contribution < -0.4 is 64.2 Å². The van der Waals surface area contributed by atoms with Crippen LogP contribution in [-0.2, 0) is 101 Å². The molecule has 0 unspecified atom stereocenters. The minimum atomic E-state index is -2.09. The highest BCUT2D eigenvalue weighted by Crippen LogP contribution is 2.22. The number of carboxylic acid groups (broad SMARTS) is 5. The van der Waals surface area contributed by atoms with Crippen LogP contribution in [0.3, 0.4) is 0 Å². The lowest BCUT2D eigenvalue weighted by Crippen LogP contribution is -2.60. The maximum atomic E-state index is 14.6. The van der Waals surface area contributed by atoms with E-state index >= 15 is 0 Å². The Morgan fingerprint density at radius 2 is 0.835 bits per heavy atom. The van der Waals surface area contributed by atoms with E-state index in [2.05, 4.69) is 83.7 Å². The molecule has 39 heteroatoms. The van der Waals surface area contributed by atoms with Gasteiger partial charge in [-0.15, -0.1) is 0 Å². The number of hydrogen-bond donors (Lipinski definition) is 21. The molecule has 0 bridgehead atoms. The zero-order chi connectivity index (χ0) is 76.6. The van der Waals surface area contributed by atoms with Crippen molar-refractivity contribution < 1.29 is 117 Å². The molecule has 3 aromatic rings. The van der Waals surface area contributed by atoms with Gasteiger partial charge in [-0.05, 0) is 86.4 Å². The number of thiol groups is 2. The van der Waals surface area contributed by atoms with Crippen LogP contribution in [0.2, 0.25) is 0 Å². The fraction of sp³-hybridized carbons (Fsp3) is 0.453. The van der Waals surface area contributed by atoms with Gasteiger partial charge in [0.25, 0.3) is 0 Å². The second kappa shape index (κ2) is 42.2. The molecule has 103 heavy (non-hydrogen) atoms. The number of benzene rings is 3. The van der Waals surface area contributed by atoms with E-state index in [1.165, 1.54) is 36.4 Å². The Morgan fingerprint density at radius 1 is 0.437 bits per heavy atom. The van der Waals surface area contributed by atoms with Gasteiger partial charge in [-0.3, -0.25) is 81.5 Å². The fourth-order valence-electron chi connectivity index (χ4n) is 10.1. The zero-order valence-electron chi connectivity index (χ0n) is 55.4. The molecule has 1 saturated heterocycles. The van der Waals surface area contributed by atoms with Crippen molar-refractivity contribution in [2.24, 2.45) is 5.73 Å². The van der Waals surface area contributed by atoms with Crippen LogP contribution in [0, 0.1) is 0 Å². The van der Waals surface area contributed by atoms with E-state index in [0.29, 0.717) is 16.7 Å². The fourth-order valence-corrected chi connectivity index (χ4v) is 10.6. The number of nitrogens with zero attached hydrogens (tertiary/aromatic N) is 1. The lowest BCUT2D eigenvalue weighted by Gasteiger charge is -2.31. The molecule has 0 radical (unpaired) electrons. The van der Waals surface area contributed by atoms with Crippen LogP contribution in [0.15, 0.2) is 78.9 Å². The van der Waals surface area contributed by atoms with Gasteiger partial charge < -0.3 is 105 Å². The molecule has 0 saturated carbocycles. The van der Waals surface area contributed by atoms with Crippen molar-refractivity contribution in [3.05, 3.63) is 95.6 Å². The van der Waals surface area contributed by atoms with Gasteiger partial charge in [0.15, 0.2) is 0 Å². The number of phenols is 2. The summed E-state index contributed by atoms with van der Waals surface area (Å²) in [5, 5.41) is 92.1. The largest absolute Gasteiger partial charge is 0.508 e. The Labute approximate surface area is 598 Å². The SMILES string of the molecule is C[C@H](NC(=O)CNC(=O)[C@H](CCC(=O)O)NC(=O)[C@H](CCC(=O)O)NC(=O)[C@H](CCC(=O)O)NC(=O)[C@H](CC(=O)O)NC(=O)[C@@H]1CCCN1C(=O)[C@H](Cc1ccccc1)NC(=O)[C@H](CS)NC(=O)[C@@H](N)Cc1ccc(O)cc1)C(=O)N[C@@H](CS)C(=O)N[C@@H](Cc1ccc(O)cc1)C(=O)NCC(=O)O. The normalized spacial score (nSPS) is 15.3. The molecule has 4 rings (SSSR count). The Hall–Kier alpha value is -11.1. The first-order valence-electron chi connectivity index (χ1n) is 31.9. The average Bonchev–Trinajstić information content (AvgIpc) is 1.68. The van der Waals surface area contributed by atoms with E-state index < -0.39 is 225 Å². The predicted octanol–water partition coefficient (Wildman–Crippen LogP) is -4.93. The summed E-state index contributed by atoms with van der Waals surface area (Å²) in [5.74, 6) is -21.5. The summed E-state index contributed by atoms with van der Waals surface area (Å²) in [4.78, 5) is 224. The van der Waals surface area contributed by atoms with Crippen molar-refractivity contribution in [2.45, 2.75) is 150 Å². The highest BCUT2D eigenvalue weighted by Gasteiger charge is 2.41. The summed E-state index contributed by atoms with van der Waals surface area (Å²) in [5.41, 5.74) is 7.70. The van der Waals surface area contributed by atoms with Gasteiger partial charge in [0.05, 0.1) is 19.0 Å². The molecule has 1 heterocycles. The molecule has 0 aromatic heterocycles. The molecule has 37 nitrogen and oxygen atoms in total. The maximum absolute atomic E-state index is 14.6. The van der Waals surface area contributed by atoms with Gasteiger partial charge in [0.1, 0.15) is 78.5 Å². The monoisotopic (exact) mass is 1480 g/mol. The number of rotatable bonds is 43. The maximum Gasteiger partial charge on any atom is 0.322 e. The standard InChI is InChI=1S/C64H83N13O24S2/c1-32(54(91)75-45(30-102)61(98)72-42(57(94)67-29-53(89)90)25-35-11-15-37(79)16-12-35)68-48(80)28-66-56(93)39(17-20-49(81)82)69-58(95)40(18-21-50(83)84)70-59(96)41(19-22-51(85)86)71-60(97)43(27-52(87)88)73-63(100)47-8-5-23-77(47)64(101)44(26-33-6-3-2-4-7-33)74-62(99)46(31-103)76-55(92)38(65)24-34-9-13-36(78)14-10-34/h2-4,6-7,9-16,32,38-47,78-79,102-103H,5,8,17-31,65H2,1H3,(H,66,93)(H,67,94)(H,68,80)(H,69,95)(H,70,96)(H,71,97)(H,72,98)(H,73,100)(H,74,99)(H,75,91)(H,76,92)(H,81,82)(H,83,84)(H,85,86)(H,87,88)(H,89,90)/t32-,38-,39-,40-,41-,42-,43-,44-,45-,46-,47-/m0/s1. The second-order valence-electron chi connectivity index (χ2n) is 23.6. The Balaban J connectivity index is 1.47. The van der Waals surface area contributed by atoms with E-state index in [4.69, 9.17) is 10.8 Å². The van der Waals surface area contributed by atoms with Gasteiger partial charge in [-0.25, -0.2) is 0 Å². The minimum absolute atomic E-state index is 0.0136. The molecule has 0 aliphatic carbocycles. The summed E-state index contributed by atoms with van der Waals surface area (Å²) < 4.78 is 0. The van der Waals surface area contributed by atoms with Crippen molar-refractivity contribution in [1.82, 2.24) is 63.4 Å². The van der Waals surface area contributed by atoms with Crippen LogP contribution in [0.25, 0.3) is 0 Å². The highest BCUT2D eigenvalue weighted by molar-refractivity contribution is 7.80. The van der Waals surface area contributed by atoms with Gasteiger partial charge in [-0.2, -0.15) is 25.3 Å². The van der Waals surface area contributed by atoms with E-state index in [9.17, 15) is 112 Å². The Bertz CT molecular complexity index is 3560. The molecule has 12 amide bonds. The number of nitrogens with one attached hydrogen (secondary N) is 11. The number of carboxylic acids is 5. The smallest absolute Gasteiger partial charge is 0.322 e. The van der Waals surface area contributed by atoms with Gasteiger partial charge in [-0.1, -0.05) is 54.6 Å². The van der Waals surface area contributed by atoms with E-state index in [-0.39, 0.29) is 61.7 Å². The van der Waals surface area contributed by atoms with Crippen molar-refractivity contribution in [3.8, 4) is 11.5 Å². The number of carbonyl (C=O) groups is 17. The number of amides is 12. The summed E-state index contributed by atoms with van der Waals surface area (Å²) >= 11 is 8.33. The summed E-state index contributed by atoms with van der Waals surface area (Å²) in [7, 11) is 0. The highest BCUT2D eigenvalue weighted by atomic mass is 32.1. The Morgan fingerprint density at radius 3 is 1.31 bits per heavy atom. The predicted molar refractivity (Wildman–Crippen MR) is 364 cm³/mol. The van der Waals surface area contributed by atoms with Crippen molar-refractivity contribution in [2.75, 3.05) is 31.1 Å². The van der Waals surface area contributed by atoms with Crippen molar-refractivity contribution in [1.29, 1.82) is 0 Å².